The number of benzene rings is 1. The molecule has 24 heavy (non-hydrogen) atoms. The van der Waals surface area contributed by atoms with Gasteiger partial charge in [-0.1, -0.05) is 6.07 Å². The van der Waals surface area contributed by atoms with Gasteiger partial charge in [-0.15, -0.1) is 0 Å². The van der Waals surface area contributed by atoms with E-state index in [1.807, 2.05) is 13.0 Å². The van der Waals surface area contributed by atoms with Crippen LogP contribution >= 0.6 is 0 Å². The molecular formula is C17H23N5O2. The summed E-state index contributed by atoms with van der Waals surface area (Å²) in [5.74, 6) is 0.132. The molecule has 0 bridgehead atoms. The number of amides is 3. The second kappa shape index (κ2) is 6.51. The van der Waals surface area contributed by atoms with E-state index >= 15 is 0 Å². The largest absolute Gasteiger partial charge is 0.369 e. The van der Waals surface area contributed by atoms with Crippen LogP contribution in [0.1, 0.15) is 29.8 Å². The Morgan fingerprint density at radius 2 is 2.21 bits per heavy atom. The van der Waals surface area contributed by atoms with E-state index in [4.69, 9.17) is 5.73 Å². The Hall–Kier alpha value is -2.57. The maximum absolute atomic E-state index is 12.3. The third kappa shape index (κ3) is 3.20. The zero-order chi connectivity index (χ0) is 17.3. The van der Waals surface area contributed by atoms with Gasteiger partial charge in [0.05, 0.1) is 23.5 Å². The highest BCUT2D eigenvalue weighted by atomic mass is 16.2. The third-order valence-electron chi connectivity index (χ3n) is 4.75. The zero-order valence-electron chi connectivity index (χ0n) is 14.1. The van der Waals surface area contributed by atoms with Crippen LogP contribution in [-0.4, -0.2) is 39.9 Å². The van der Waals surface area contributed by atoms with Crippen molar-refractivity contribution in [1.82, 2.24) is 20.2 Å². The summed E-state index contributed by atoms with van der Waals surface area (Å²) in [6, 6.07) is 3.86. The van der Waals surface area contributed by atoms with Crippen LogP contribution in [0.25, 0.3) is 11.0 Å². The molecule has 0 saturated carbocycles. The molecule has 3 rings (SSSR count). The lowest BCUT2D eigenvalue weighted by atomic mass is 9.98. The Morgan fingerprint density at radius 1 is 1.42 bits per heavy atom. The molecule has 7 heteroatoms. The minimum absolute atomic E-state index is 0.186. The molecule has 1 aliphatic rings. The van der Waals surface area contributed by atoms with E-state index in [2.05, 4.69) is 28.3 Å². The molecule has 1 aromatic heterocycles. The Labute approximate surface area is 140 Å². The molecule has 0 aliphatic carbocycles. The van der Waals surface area contributed by atoms with Gasteiger partial charge in [0, 0.05) is 13.1 Å². The predicted molar refractivity (Wildman–Crippen MR) is 91.3 cm³/mol. The van der Waals surface area contributed by atoms with Gasteiger partial charge in [0.15, 0.2) is 0 Å². The molecule has 3 amide bonds. The van der Waals surface area contributed by atoms with Crippen molar-refractivity contribution in [3.63, 3.8) is 0 Å². The number of urea groups is 1. The van der Waals surface area contributed by atoms with Crippen LogP contribution in [0.4, 0.5) is 4.79 Å². The second-order valence-electron chi connectivity index (χ2n) is 6.43. The predicted octanol–water partition coefficient (Wildman–Crippen LogP) is 1.59. The summed E-state index contributed by atoms with van der Waals surface area (Å²) >= 11 is 0. The number of carbonyl (C=O) groups excluding carboxylic acids is 2. The second-order valence-corrected chi connectivity index (χ2v) is 6.43. The number of nitrogens with one attached hydrogen (secondary N) is 2. The lowest BCUT2D eigenvalue weighted by Crippen LogP contribution is -2.48. The number of nitrogens with zero attached hydrogens (tertiary/aromatic N) is 2. The summed E-state index contributed by atoms with van der Waals surface area (Å²) in [7, 11) is 0. The van der Waals surface area contributed by atoms with Crippen LogP contribution in [0.2, 0.25) is 0 Å². The summed E-state index contributed by atoms with van der Waals surface area (Å²) in [5.41, 5.74) is 9.59. The number of likely N-dealkylation sites (tertiary alicyclic amines) is 1. The lowest BCUT2D eigenvalue weighted by molar-refractivity contribution is -0.123. The van der Waals surface area contributed by atoms with Gasteiger partial charge in [-0.25, -0.2) is 9.78 Å². The lowest BCUT2D eigenvalue weighted by Gasteiger charge is -2.31. The van der Waals surface area contributed by atoms with E-state index in [1.165, 1.54) is 5.56 Å². The molecule has 128 valence electrons. The third-order valence-corrected chi connectivity index (χ3v) is 4.75. The highest BCUT2D eigenvalue weighted by molar-refractivity contribution is 5.81. The molecule has 0 radical (unpaired) electrons. The highest BCUT2D eigenvalue weighted by Gasteiger charge is 2.26. The molecule has 0 spiro atoms. The van der Waals surface area contributed by atoms with Crippen molar-refractivity contribution in [1.29, 1.82) is 0 Å². The molecule has 2 heterocycles. The summed E-state index contributed by atoms with van der Waals surface area (Å²) in [5, 5.41) is 2.86. The number of imidazole rings is 1. The Morgan fingerprint density at radius 3 is 2.96 bits per heavy atom. The normalized spacial score (nSPS) is 17.9. The molecule has 1 aromatic carbocycles. The van der Waals surface area contributed by atoms with Gasteiger partial charge >= 0.3 is 6.03 Å². The van der Waals surface area contributed by atoms with Gasteiger partial charge < -0.3 is 20.9 Å². The van der Waals surface area contributed by atoms with Crippen LogP contribution in [0.5, 0.6) is 0 Å². The Balaban J connectivity index is 1.64. The number of piperidine rings is 1. The van der Waals surface area contributed by atoms with E-state index < -0.39 is 0 Å². The number of aromatic amines is 1. The average Bonchev–Trinajstić information content (AvgIpc) is 3.00. The van der Waals surface area contributed by atoms with E-state index in [0.717, 1.165) is 35.3 Å². The van der Waals surface area contributed by atoms with Gasteiger partial charge in [-0.3, -0.25) is 4.79 Å². The number of carbonyl (C=O) groups is 2. The SMILES string of the molecule is Cc1ccc2[nH]c(CNC(=O)N3CCC[C@H](C(N)=O)C3)nc2c1C. The number of rotatable bonds is 3. The van der Waals surface area contributed by atoms with Crippen molar-refractivity contribution in [3.05, 3.63) is 29.1 Å². The van der Waals surface area contributed by atoms with Gasteiger partial charge in [0.25, 0.3) is 0 Å². The molecule has 2 aromatic rings. The number of fused-ring (bicyclic) bond motifs is 1. The number of H-pyrrole nitrogens is 1. The fourth-order valence-electron chi connectivity index (χ4n) is 3.11. The first-order chi connectivity index (χ1) is 11.5. The number of hydrogen-bond donors (Lipinski definition) is 3. The maximum atomic E-state index is 12.3. The summed E-state index contributed by atoms with van der Waals surface area (Å²) in [4.78, 5) is 33.1. The smallest absolute Gasteiger partial charge is 0.317 e. The zero-order valence-corrected chi connectivity index (χ0v) is 14.1. The van der Waals surface area contributed by atoms with E-state index in [1.54, 1.807) is 4.90 Å². The van der Waals surface area contributed by atoms with Crippen molar-refractivity contribution >= 4 is 23.0 Å². The quantitative estimate of drug-likeness (QED) is 0.796. The Bertz CT molecular complexity index is 783. The van der Waals surface area contributed by atoms with Gasteiger partial charge in [-0.05, 0) is 43.9 Å². The molecule has 1 atom stereocenters. The van der Waals surface area contributed by atoms with E-state index in [0.29, 0.717) is 19.6 Å². The molecule has 0 unspecified atom stereocenters. The maximum Gasteiger partial charge on any atom is 0.317 e. The highest BCUT2D eigenvalue weighted by Crippen LogP contribution is 2.19. The Kier molecular flexibility index (Phi) is 4.42. The van der Waals surface area contributed by atoms with E-state index in [-0.39, 0.29) is 17.9 Å². The molecule has 7 nitrogen and oxygen atoms in total. The van der Waals surface area contributed by atoms with Crippen LogP contribution < -0.4 is 11.1 Å². The van der Waals surface area contributed by atoms with Crippen LogP contribution in [0, 0.1) is 19.8 Å². The van der Waals surface area contributed by atoms with Crippen molar-refractivity contribution in [2.75, 3.05) is 13.1 Å². The van der Waals surface area contributed by atoms with Gasteiger partial charge in [0.1, 0.15) is 5.82 Å². The van der Waals surface area contributed by atoms with Crippen molar-refractivity contribution in [3.8, 4) is 0 Å². The number of nitrogens with two attached hydrogens (primary N) is 1. The molecular weight excluding hydrogens is 306 g/mol. The summed E-state index contributed by atoms with van der Waals surface area (Å²) in [6.45, 7) is 5.45. The van der Waals surface area contributed by atoms with E-state index in [9.17, 15) is 9.59 Å². The molecule has 1 fully saturated rings. The van der Waals surface area contributed by atoms with Crippen molar-refractivity contribution in [2.24, 2.45) is 11.7 Å². The first kappa shape index (κ1) is 16.3. The summed E-state index contributed by atoms with van der Waals surface area (Å²) in [6.07, 6.45) is 1.55. The van der Waals surface area contributed by atoms with Gasteiger partial charge in [-0.2, -0.15) is 0 Å². The minimum atomic E-state index is -0.337. The minimum Gasteiger partial charge on any atom is -0.369 e. The first-order valence-corrected chi connectivity index (χ1v) is 8.22. The van der Waals surface area contributed by atoms with Crippen molar-refractivity contribution < 1.29 is 9.59 Å². The molecule has 4 N–H and O–H groups in total. The monoisotopic (exact) mass is 329 g/mol. The number of aryl methyl sites for hydroxylation is 2. The van der Waals surface area contributed by atoms with Crippen LogP contribution in [0.15, 0.2) is 12.1 Å². The van der Waals surface area contributed by atoms with Crippen molar-refractivity contribution in [2.45, 2.75) is 33.2 Å². The van der Waals surface area contributed by atoms with Gasteiger partial charge in [0.2, 0.25) is 5.91 Å². The topological polar surface area (TPSA) is 104 Å². The number of hydrogen-bond acceptors (Lipinski definition) is 3. The first-order valence-electron chi connectivity index (χ1n) is 8.22. The van der Waals surface area contributed by atoms with Crippen LogP contribution in [-0.2, 0) is 11.3 Å². The fraction of sp³-hybridized carbons (Fsp3) is 0.471. The molecule has 1 aliphatic heterocycles. The molecule has 1 saturated heterocycles. The van der Waals surface area contributed by atoms with Crippen LogP contribution in [0.3, 0.4) is 0 Å². The number of primary amides is 1. The number of aromatic nitrogens is 2. The summed E-state index contributed by atoms with van der Waals surface area (Å²) < 4.78 is 0. The standard InChI is InChI=1S/C17H23N5O2/c1-10-5-6-13-15(11(10)2)21-14(20-13)8-19-17(24)22-7-3-4-12(9-22)16(18)23/h5-6,12H,3-4,7-9H2,1-2H3,(H2,18,23)(H,19,24)(H,20,21)/t12-/m0/s1. The average molecular weight is 329 g/mol. The fourth-order valence-corrected chi connectivity index (χ4v) is 3.11.